The smallest absolute Gasteiger partial charge is 0.252 e. The van der Waals surface area contributed by atoms with Crippen LogP contribution < -0.4 is 10.6 Å². The van der Waals surface area contributed by atoms with E-state index in [1.165, 1.54) is 0 Å². The summed E-state index contributed by atoms with van der Waals surface area (Å²) in [7, 11) is 3.71. The van der Waals surface area contributed by atoms with Crippen LogP contribution in [0.15, 0.2) is 30.3 Å². The van der Waals surface area contributed by atoms with Gasteiger partial charge in [-0.2, -0.15) is 0 Å². The number of nitrogens with zero attached hydrogens (tertiary/aromatic N) is 2. The fraction of sp³-hybridized carbons (Fsp3) is 0.321. The molecule has 7 heteroatoms. The molecule has 176 valence electrons. The van der Waals surface area contributed by atoms with E-state index < -0.39 is 0 Å². The molecular weight excluding hydrogens is 440 g/mol. The lowest BCUT2D eigenvalue weighted by molar-refractivity contribution is -0.193. The lowest BCUT2D eigenvalue weighted by Gasteiger charge is -2.41. The number of aromatic nitrogens is 2. The zero-order chi connectivity index (χ0) is 24.0. The van der Waals surface area contributed by atoms with Gasteiger partial charge >= 0.3 is 0 Å². The second-order valence-corrected chi connectivity index (χ2v) is 9.46. The van der Waals surface area contributed by atoms with Crippen LogP contribution in [0.3, 0.4) is 0 Å². The Morgan fingerprint density at radius 2 is 2.06 bits per heavy atom. The molecule has 2 aromatic heterocycles. The number of hydrogen-bond donors (Lipinski definition) is 2. The van der Waals surface area contributed by atoms with E-state index in [1.807, 2.05) is 38.3 Å². The van der Waals surface area contributed by atoms with Crippen LogP contribution in [0.4, 0.5) is 0 Å². The first-order valence-electron chi connectivity index (χ1n) is 12.0. The van der Waals surface area contributed by atoms with E-state index in [9.17, 15) is 4.79 Å². The average molecular weight is 467 g/mol. The van der Waals surface area contributed by atoms with E-state index >= 15 is 0 Å². The van der Waals surface area contributed by atoms with Gasteiger partial charge in [0.1, 0.15) is 12.3 Å². The Kier molecular flexibility index (Phi) is 4.28. The van der Waals surface area contributed by atoms with Gasteiger partial charge in [-0.05, 0) is 31.7 Å². The Labute approximate surface area is 202 Å². The number of amides is 1. The molecule has 7 rings (SSSR count). The quantitative estimate of drug-likeness (QED) is 0.447. The van der Waals surface area contributed by atoms with Crippen LogP contribution in [0, 0.1) is 12.3 Å². The molecule has 3 aliphatic heterocycles. The van der Waals surface area contributed by atoms with E-state index in [0.717, 1.165) is 49.5 Å². The molecule has 35 heavy (non-hydrogen) atoms. The monoisotopic (exact) mass is 466 g/mol. The predicted octanol–water partition coefficient (Wildman–Crippen LogP) is 4.04. The number of benzene rings is 2. The molecule has 0 aliphatic carbocycles. The van der Waals surface area contributed by atoms with Gasteiger partial charge < -0.3 is 29.2 Å². The van der Waals surface area contributed by atoms with Crippen molar-refractivity contribution in [2.24, 2.45) is 0 Å². The molecule has 4 unspecified atom stereocenters. The zero-order valence-corrected chi connectivity index (χ0v) is 19.9. The maximum atomic E-state index is 13.3. The molecule has 5 heterocycles. The second-order valence-electron chi connectivity index (χ2n) is 9.46. The fourth-order valence-electron chi connectivity index (χ4n) is 6.66. The largest absolute Gasteiger partial charge is 0.375 e. The highest BCUT2D eigenvalue weighted by molar-refractivity contribution is 6.27. The number of para-hydroxylation sites is 1. The lowest BCUT2D eigenvalue weighted by atomic mass is 9.96. The number of nitrogens with one attached hydrogen (secondary N) is 2. The van der Waals surface area contributed by atoms with Crippen LogP contribution in [0.25, 0.3) is 38.8 Å². The fourth-order valence-corrected chi connectivity index (χ4v) is 6.66. The van der Waals surface area contributed by atoms with Gasteiger partial charge in [0.2, 0.25) is 0 Å². The number of fused-ring (bicyclic) bond motifs is 10. The first-order chi connectivity index (χ1) is 17.1. The summed E-state index contributed by atoms with van der Waals surface area (Å²) in [5.41, 5.74) is 6.40. The number of likely N-dealkylation sites (N-methyl/N-ethyl adjacent to an activating group) is 1. The Morgan fingerprint density at radius 1 is 1.26 bits per heavy atom. The molecule has 2 aromatic carbocycles. The summed E-state index contributed by atoms with van der Waals surface area (Å²) in [5.74, 6) is 2.86. The molecule has 0 radical (unpaired) electrons. The third-order valence-corrected chi connectivity index (χ3v) is 7.97. The number of terminal acetylenes is 1. The summed E-state index contributed by atoms with van der Waals surface area (Å²) >= 11 is 0. The molecule has 3 aliphatic rings. The topological polar surface area (TPSA) is 69.4 Å². The van der Waals surface area contributed by atoms with Gasteiger partial charge in [-0.1, -0.05) is 30.2 Å². The number of ether oxygens (including phenoxy) is 2. The van der Waals surface area contributed by atoms with Gasteiger partial charge in [0.05, 0.1) is 33.4 Å². The molecule has 4 atom stereocenters. The van der Waals surface area contributed by atoms with Gasteiger partial charge in [-0.3, -0.25) is 4.79 Å². The number of carbonyl (C=O) groups is 1. The maximum absolute atomic E-state index is 13.3. The van der Waals surface area contributed by atoms with E-state index in [1.54, 1.807) is 7.11 Å². The number of rotatable bonds is 3. The Bertz CT molecular complexity index is 1650. The van der Waals surface area contributed by atoms with Gasteiger partial charge in [-0.15, -0.1) is 6.42 Å². The zero-order valence-electron chi connectivity index (χ0n) is 19.9. The Morgan fingerprint density at radius 3 is 2.80 bits per heavy atom. The molecule has 1 fully saturated rings. The van der Waals surface area contributed by atoms with Gasteiger partial charge in [0, 0.05) is 42.3 Å². The molecule has 1 amide bonds. The van der Waals surface area contributed by atoms with E-state index in [0.29, 0.717) is 18.5 Å². The highest BCUT2D eigenvalue weighted by Gasteiger charge is 2.46. The first kappa shape index (κ1) is 20.8. The average Bonchev–Trinajstić information content (AvgIpc) is 3.50. The van der Waals surface area contributed by atoms with E-state index in [-0.39, 0.29) is 30.5 Å². The Balaban J connectivity index is 1.80. The molecule has 0 saturated carbocycles. The van der Waals surface area contributed by atoms with Crippen LogP contribution in [-0.2, 0) is 16.0 Å². The highest BCUT2D eigenvalue weighted by atomic mass is 16.6. The van der Waals surface area contributed by atoms with Crippen LogP contribution in [0.1, 0.15) is 53.0 Å². The minimum atomic E-state index is -0.349. The first-order valence-corrected chi connectivity index (χ1v) is 12.0. The number of hydrogen-bond acceptors (Lipinski definition) is 4. The van der Waals surface area contributed by atoms with Crippen molar-refractivity contribution in [3.63, 3.8) is 0 Å². The summed E-state index contributed by atoms with van der Waals surface area (Å²) in [6.45, 7) is 2.46. The normalized spacial score (nSPS) is 25.0. The molecule has 4 aromatic rings. The summed E-state index contributed by atoms with van der Waals surface area (Å²) < 4.78 is 17.4. The van der Waals surface area contributed by atoms with Crippen molar-refractivity contribution in [1.29, 1.82) is 0 Å². The summed E-state index contributed by atoms with van der Waals surface area (Å²) in [6, 6.07) is 8.41. The second kappa shape index (κ2) is 7.22. The van der Waals surface area contributed by atoms with Crippen molar-refractivity contribution >= 4 is 44.7 Å². The summed E-state index contributed by atoms with van der Waals surface area (Å²) in [5, 5.41) is 9.56. The van der Waals surface area contributed by atoms with E-state index in [4.69, 9.17) is 15.9 Å². The third-order valence-electron chi connectivity index (χ3n) is 7.97. The van der Waals surface area contributed by atoms with Crippen molar-refractivity contribution in [1.82, 2.24) is 19.8 Å². The third kappa shape index (κ3) is 2.39. The van der Waals surface area contributed by atoms with Crippen molar-refractivity contribution in [2.75, 3.05) is 14.2 Å². The predicted molar refractivity (Wildman–Crippen MR) is 136 cm³/mol. The standard InChI is InChI=1S/C28H26N4O3/c1-5-9-18-14(6-2)22-23-16(13-30-27(23)33)21-15-10-7-8-11-19(15)32-24(21)25(22)31(18)20-12-17(29-3)26(34-4)28(32)35-20/h2,5,7-11,17,20,26,28-29H,12-13H2,1,3-4H3,(H,30,33)/b9-5-. The summed E-state index contributed by atoms with van der Waals surface area (Å²) in [4.78, 5) is 13.3. The number of allylic oxidation sites excluding steroid dienone is 1. The maximum Gasteiger partial charge on any atom is 0.252 e. The van der Waals surface area contributed by atoms with Crippen LogP contribution >= 0.6 is 0 Å². The summed E-state index contributed by atoms with van der Waals surface area (Å²) in [6.07, 6.45) is 10.1. The highest BCUT2D eigenvalue weighted by Crippen LogP contribution is 2.51. The van der Waals surface area contributed by atoms with Crippen molar-refractivity contribution in [3.05, 3.63) is 52.7 Å². The van der Waals surface area contributed by atoms with Crippen molar-refractivity contribution in [2.45, 2.75) is 44.5 Å². The van der Waals surface area contributed by atoms with Crippen LogP contribution in [0.5, 0.6) is 0 Å². The van der Waals surface area contributed by atoms with Crippen molar-refractivity contribution in [3.8, 4) is 12.3 Å². The molecule has 2 bridgehead atoms. The van der Waals surface area contributed by atoms with Gasteiger partial charge in [-0.25, -0.2) is 0 Å². The number of carbonyl (C=O) groups excluding carboxylic acids is 1. The van der Waals surface area contributed by atoms with Crippen molar-refractivity contribution < 1.29 is 14.3 Å². The molecule has 0 spiro atoms. The van der Waals surface area contributed by atoms with Crippen LogP contribution in [0.2, 0.25) is 0 Å². The molecule has 2 N–H and O–H groups in total. The van der Waals surface area contributed by atoms with Crippen LogP contribution in [-0.4, -0.2) is 41.3 Å². The lowest BCUT2D eigenvalue weighted by Crippen LogP contribution is -2.50. The van der Waals surface area contributed by atoms with Gasteiger partial charge in [0.15, 0.2) is 6.23 Å². The van der Waals surface area contributed by atoms with E-state index in [2.05, 4.69) is 37.8 Å². The number of methoxy groups -OCH3 is 1. The Hall–Kier alpha value is -3.57. The SMILES string of the molecule is C#Cc1c(/C=C\C)n2c3c1c1c(c4c5ccccc5n(c43)C3OC2CC(NC)C3OC)CNC1=O. The molecular formula is C28H26N4O3. The molecule has 1 saturated heterocycles. The van der Waals surface area contributed by atoms with Gasteiger partial charge in [0.25, 0.3) is 5.91 Å². The minimum absolute atomic E-state index is 0.0645. The minimum Gasteiger partial charge on any atom is -0.375 e. The molecule has 7 nitrogen and oxygen atoms in total.